The summed E-state index contributed by atoms with van der Waals surface area (Å²) in [4.78, 5) is 14.2. The highest BCUT2D eigenvalue weighted by molar-refractivity contribution is 7.91. The van der Waals surface area contributed by atoms with E-state index in [2.05, 4.69) is 12.2 Å². The zero-order valence-electron chi connectivity index (χ0n) is 15.0. The molecule has 1 aromatic heterocycles. The lowest BCUT2D eigenvalue weighted by Gasteiger charge is -2.35. The van der Waals surface area contributed by atoms with Crippen molar-refractivity contribution in [2.24, 2.45) is 5.92 Å². The molecule has 1 saturated heterocycles. The monoisotopic (exact) mass is 419 g/mol. The fourth-order valence-electron chi connectivity index (χ4n) is 3.69. The van der Waals surface area contributed by atoms with Crippen molar-refractivity contribution in [3.05, 3.63) is 16.5 Å². The van der Waals surface area contributed by atoms with Crippen molar-refractivity contribution >= 4 is 38.9 Å². The molecule has 0 radical (unpaired) electrons. The van der Waals surface area contributed by atoms with Gasteiger partial charge in [-0.25, -0.2) is 8.42 Å². The summed E-state index contributed by atoms with van der Waals surface area (Å²) in [7, 11) is -3.51. The molecule has 2 heterocycles. The van der Waals surface area contributed by atoms with Crippen LogP contribution in [0.1, 0.15) is 32.6 Å². The third-order valence-corrected chi connectivity index (χ3v) is 8.96. The van der Waals surface area contributed by atoms with Crippen LogP contribution in [0.25, 0.3) is 0 Å². The van der Waals surface area contributed by atoms with E-state index >= 15 is 0 Å². The van der Waals surface area contributed by atoms with Crippen molar-refractivity contribution in [3.8, 4) is 0 Å². The highest BCUT2D eigenvalue weighted by Crippen LogP contribution is 2.28. The Morgan fingerprint density at radius 1 is 1.23 bits per heavy atom. The zero-order chi connectivity index (χ0) is 18.7. The van der Waals surface area contributed by atoms with Crippen LogP contribution < -0.4 is 5.32 Å². The third kappa shape index (κ3) is 4.59. The van der Waals surface area contributed by atoms with Gasteiger partial charge in [0.1, 0.15) is 4.21 Å². The standard InChI is InChI=1S/C17H26ClN3O3S2/c1-13-4-2-3-5-14(13)19-12-16(22)20-8-10-21(11-9-20)26(23,24)17-7-6-15(18)25-17/h6-7,13-14,19H,2-5,8-12H2,1H3. The van der Waals surface area contributed by atoms with Crippen LogP contribution in [0.3, 0.4) is 0 Å². The van der Waals surface area contributed by atoms with E-state index < -0.39 is 10.0 Å². The Kier molecular flexibility index (Phi) is 6.61. The Morgan fingerprint density at radius 2 is 1.92 bits per heavy atom. The molecule has 26 heavy (non-hydrogen) atoms. The first kappa shape index (κ1) is 20.1. The molecule has 1 aliphatic heterocycles. The predicted octanol–water partition coefficient (Wildman–Crippen LogP) is 2.40. The Morgan fingerprint density at radius 3 is 2.54 bits per heavy atom. The molecule has 2 fully saturated rings. The number of sulfonamides is 1. The average molecular weight is 420 g/mol. The molecule has 6 nitrogen and oxygen atoms in total. The van der Waals surface area contributed by atoms with Gasteiger partial charge in [-0.05, 0) is 30.9 Å². The summed E-state index contributed by atoms with van der Waals surface area (Å²) < 4.78 is 27.4. The number of halogens is 1. The van der Waals surface area contributed by atoms with E-state index in [1.54, 1.807) is 11.0 Å². The van der Waals surface area contributed by atoms with Crippen molar-refractivity contribution in [2.75, 3.05) is 32.7 Å². The Labute approximate surface area is 164 Å². The van der Waals surface area contributed by atoms with Gasteiger partial charge < -0.3 is 10.2 Å². The quantitative estimate of drug-likeness (QED) is 0.795. The molecule has 2 aliphatic rings. The van der Waals surface area contributed by atoms with Crippen LogP contribution in [0.4, 0.5) is 0 Å². The lowest BCUT2D eigenvalue weighted by molar-refractivity contribution is -0.131. The van der Waals surface area contributed by atoms with Gasteiger partial charge in [0.2, 0.25) is 5.91 Å². The molecule has 146 valence electrons. The van der Waals surface area contributed by atoms with Crippen LogP contribution in [-0.2, 0) is 14.8 Å². The maximum atomic E-state index is 12.6. The molecule has 1 amide bonds. The van der Waals surface area contributed by atoms with Crippen LogP contribution in [0.15, 0.2) is 16.3 Å². The summed E-state index contributed by atoms with van der Waals surface area (Å²) >= 11 is 6.92. The van der Waals surface area contributed by atoms with Crippen LogP contribution >= 0.6 is 22.9 Å². The van der Waals surface area contributed by atoms with E-state index in [4.69, 9.17) is 11.6 Å². The predicted molar refractivity (Wildman–Crippen MR) is 104 cm³/mol. The lowest BCUT2D eigenvalue weighted by atomic mass is 9.86. The molecular formula is C17H26ClN3O3S2. The average Bonchev–Trinajstić information content (AvgIpc) is 3.08. The van der Waals surface area contributed by atoms with E-state index in [0.29, 0.717) is 49.0 Å². The van der Waals surface area contributed by atoms with Crippen LogP contribution in [0.5, 0.6) is 0 Å². The fraction of sp³-hybridized carbons (Fsp3) is 0.706. The first-order valence-corrected chi connectivity index (χ1v) is 11.8. The number of thiophene rings is 1. The Bertz CT molecular complexity index is 729. The van der Waals surface area contributed by atoms with Gasteiger partial charge in [0.05, 0.1) is 10.9 Å². The third-order valence-electron chi connectivity index (χ3n) is 5.36. The maximum Gasteiger partial charge on any atom is 0.252 e. The molecule has 0 bridgehead atoms. The second-order valence-corrected chi connectivity index (χ2v) is 11.0. The number of carbonyl (C=O) groups is 1. The van der Waals surface area contributed by atoms with Gasteiger partial charge in [-0.1, -0.05) is 31.4 Å². The second kappa shape index (κ2) is 8.56. The normalized spacial score (nSPS) is 25.4. The summed E-state index contributed by atoms with van der Waals surface area (Å²) in [5.41, 5.74) is 0. The van der Waals surface area contributed by atoms with E-state index in [0.717, 1.165) is 17.8 Å². The zero-order valence-corrected chi connectivity index (χ0v) is 17.4. The largest absolute Gasteiger partial charge is 0.339 e. The van der Waals surface area contributed by atoms with Crippen molar-refractivity contribution in [1.82, 2.24) is 14.5 Å². The van der Waals surface area contributed by atoms with Crippen LogP contribution in [0.2, 0.25) is 4.34 Å². The van der Waals surface area contributed by atoms with Gasteiger partial charge >= 0.3 is 0 Å². The molecule has 9 heteroatoms. The van der Waals surface area contributed by atoms with Crippen molar-refractivity contribution in [3.63, 3.8) is 0 Å². The molecule has 1 N–H and O–H groups in total. The molecule has 3 rings (SSSR count). The SMILES string of the molecule is CC1CCCCC1NCC(=O)N1CCN(S(=O)(=O)c2ccc(Cl)s2)CC1. The van der Waals surface area contributed by atoms with Crippen molar-refractivity contribution in [1.29, 1.82) is 0 Å². The number of hydrogen-bond acceptors (Lipinski definition) is 5. The van der Waals surface area contributed by atoms with Gasteiger partial charge in [0.15, 0.2) is 0 Å². The highest BCUT2D eigenvalue weighted by atomic mass is 35.5. The number of nitrogens with zero attached hydrogens (tertiary/aromatic N) is 2. The molecule has 2 unspecified atom stereocenters. The minimum atomic E-state index is -3.51. The Hall–Kier alpha value is -0.670. The molecule has 2 atom stereocenters. The number of rotatable bonds is 5. The van der Waals surface area contributed by atoms with E-state index in [1.165, 1.54) is 29.6 Å². The molecule has 0 spiro atoms. The van der Waals surface area contributed by atoms with E-state index in [1.807, 2.05) is 0 Å². The second-order valence-electron chi connectivity index (χ2n) is 7.09. The Balaban J connectivity index is 1.49. The van der Waals surface area contributed by atoms with Gasteiger partial charge in [0.25, 0.3) is 10.0 Å². The highest BCUT2D eigenvalue weighted by Gasteiger charge is 2.31. The smallest absolute Gasteiger partial charge is 0.252 e. The van der Waals surface area contributed by atoms with E-state index in [9.17, 15) is 13.2 Å². The summed E-state index contributed by atoms with van der Waals surface area (Å²) in [6.07, 6.45) is 4.84. The number of hydrogen-bond donors (Lipinski definition) is 1. The van der Waals surface area contributed by atoms with Gasteiger partial charge in [0, 0.05) is 32.2 Å². The molecule has 0 aromatic carbocycles. The molecule has 1 aliphatic carbocycles. The maximum absolute atomic E-state index is 12.6. The number of carbonyl (C=O) groups excluding carboxylic acids is 1. The van der Waals surface area contributed by atoms with Crippen LogP contribution in [0, 0.1) is 5.92 Å². The summed E-state index contributed by atoms with van der Waals surface area (Å²) in [5, 5.41) is 3.40. The topological polar surface area (TPSA) is 69.7 Å². The van der Waals surface area contributed by atoms with E-state index in [-0.39, 0.29) is 10.1 Å². The minimum absolute atomic E-state index is 0.0546. The van der Waals surface area contributed by atoms with Gasteiger partial charge in [-0.15, -0.1) is 11.3 Å². The number of nitrogens with one attached hydrogen (secondary N) is 1. The first-order valence-electron chi connectivity index (χ1n) is 9.14. The summed E-state index contributed by atoms with van der Waals surface area (Å²) in [6.45, 7) is 4.08. The van der Waals surface area contributed by atoms with Gasteiger partial charge in [-0.3, -0.25) is 4.79 Å². The summed E-state index contributed by atoms with van der Waals surface area (Å²) in [5.74, 6) is 0.662. The number of amides is 1. The van der Waals surface area contributed by atoms with Crippen LogP contribution in [-0.4, -0.2) is 62.3 Å². The molecule has 1 aromatic rings. The van der Waals surface area contributed by atoms with Crippen molar-refractivity contribution in [2.45, 2.75) is 42.9 Å². The molecule has 1 saturated carbocycles. The van der Waals surface area contributed by atoms with Gasteiger partial charge in [-0.2, -0.15) is 4.31 Å². The molecular weight excluding hydrogens is 394 g/mol. The summed E-state index contributed by atoms with van der Waals surface area (Å²) in [6, 6.07) is 3.55. The number of piperazine rings is 1. The lowest BCUT2D eigenvalue weighted by Crippen LogP contribution is -2.53. The first-order chi connectivity index (χ1) is 12.4. The van der Waals surface area contributed by atoms with Crippen molar-refractivity contribution < 1.29 is 13.2 Å². The minimum Gasteiger partial charge on any atom is -0.339 e. The fourth-order valence-corrected chi connectivity index (χ4v) is 6.75.